The van der Waals surface area contributed by atoms with Crippen LogP contribution in [0.3, 0.4) is 0 Å². The van der Waals surface area contributed by atoms with Crippen LogP contribution in [0.15, 0.2) is 36.5 Å². The van der Waals surface area contributed by atoms with E-state index in [4.69, 9.17) is 11.6 Å². The average molecular weight is 358 g/mol. The number of aromatic nitrogens is 1. The van der Waals surface area contributed by atoms with E-state index in [1.54, 1.807) is 24.4 Å². The fourth-order valence-electron chi connectivity index (χ4n) is 1.41. The summed E-state index contributed by atoms with van der Waals surface area (Å²) in [6, 6.07) is 8.89. The van der Waals surface area contributed by atoms with E-state index < -0.39 is 0 Å². The summed E-state index contributed by atoms with van der Waals surface area (Å²) in [5.41, 5.74) is 2.05. The Morgan fingerprint density at radius 1 is 1.24 bits per heavy atom. The molecule has 0 saturated heterocycles. The van der Waals surface area contributed by atoms with Gasteiger partial charge >= 0.3 is 0 Å². The van der Waals surface area contributed by atoms with E-state index >= 15 is 0 Å². The van der Waals surface area contributed by atoms with Gasteiger partial charge in [0.1, 0.15) is 0 Å². The van der Waals surface area contributed by atoms with Crippen molar-refractivity contribution >= 4 is 40.0 Å². The van der Waals surface area contributed by atoms with Gasteiger partial charge in [-0.1, -0.05) is 11.6 Å². The summed E-state index contributed by atoms with van der Waals surface area (Å²) in [7, 11) is 0. The molecule has 0 N–H and O–H groups in total. The zero-order valence-electron chi connectivity index (χ0n) is 9.08. The third-order valence-corrected chi connectivity index (χ3v) is 3.93. The molecule has 0 amide bonds. The lowest BCUT2D eigenvalue weighted by atomic mass is 10.1. The molecule has 1 heterocycles. The molecular weight excluding hydrogens is 349 g/mol. The molecule has 2 rings (SSSR count). The second-order valence-electron chi connectivity index (χ2n) is 3.65. The van der Waals surface area contributed by atoms with Crippen LogP contribution < -0.4 is 0 Å². The van der Waals surface area contributed by atoms with Gasteiger partial charge in [-0.25, -0.2) is 0 Å². The van der Waals surface area contributed by atoms with Crippen molar-refractivity contribution in [1.29, 1.82) is 0 Å². The molecule has 0 unspecified atom stereocenters. The number of carbonyl (C=O) groups is 1. The number of hydrogen-bond acceptors (Lipinski definition) is 2. The van der Waals surface area contributed by atoms with Crippen LogP contribution >= 0.6 is 34.2 Å². The summed E-state index contributed by atoms with van der Waals surface area (Å²) < 4.78 is 0.933. The molecule has 0 aliphatic heterocycles. The zero-order chi connectivity index (χ0) is 12.4. The van der Waals surface area contributed by atoms with Crippen LogP contribution in [-0.2, 0) is 0 Å². The molecule has 0 radical (unpaired) electrons. The minimum Gasteiger partial charge on any atom is -0.289 e. The largest absolute Gasteiger partial charge is 0.289 e. The average Bonchev–Trinajstić information content (AvgIpc) is 2.33. The Labute approximate surface area is 118 Å². The Bertz CT molecular complexity index is 566. The van der Waals surface area contributed by atoms with E-state index in [9.17, 15) is 4.79 Å². The van der Waals surface area contributed by atoms with E-state index in [-0.39, 0.29) is 5.78 Å². The molecule has 1 aromatic heterocycles. The minimum atomic E-state index is -0.0594. The van der Waals surface area contributed by atoms with Gasteiger partial charge in [0.15, 0.2) is 5.78 Å². The number of ketones is 1. The predicted octanol–water partition coefficient (Wildman–Crippen LogP) is 3.88. The first-order valence-electron chi connectivity index (χ1n) is 5.00. The van der Waals surface area contributed by atoms with Gasteiger partial charge in [-0.2, -0.15) is 0 Å². The molecule has 0 bridgehead atoms. The van der Waals surface area contributed by atoms with Gasteiger partial charge in [-0.15, -0.1) is 0 Å². The van der Waals surface area contributed by atoms with Crippen molar-refractivity contribution in [3.8, 4) is 0 Å². The molecule has 0 saturated carbocycles. The molecule has 4 heteroatoms. The van der Waals surface area contributed by atoms with Gasteiger partial charge in [-0.05, 0) is 59.8 Å². The molecule has 0 spiro atoms. The monoisotopic (exact) mass is 357 g/mol. The molecule has 86 valence electrons. The number of rotatable bonds is 2. The summed E-state index contributed by atoms with van der Waals surface area (Å²) >= 11 is 8.12. The number of hydrogen-bond donors (Lipinski definition) is 0. The van der Waals surface area contributed by atoms with Crippen molar-refractivity contribution in [2.75, 3.05) is 0 Å². The van der Waals surface area contributed by atoms with E-state index in [0.29, 0.717) is 16.1 Å². The Kier molecular flexibility index (Phi) is 3.79. The Balaban J connectivity index is 2.37. The highest BCUT2D eigenvalue weighted by Crippen LogP contribution is 2.21. The van der Waals surface area contributed by atoms with Crippen LogP contribution in [0, 0.1) is 10.5 Å². The van der Waals surface area contributed by atoms with E-state index in [0.717, 1.165) is 9.26 Å². The van der Waals surface area contributed by atoms with Crippen molar-refractivity contribution in [3.05, 3.63) is 61.9 Å². The number of aryl methyl sites for hydroxylation is 1. The first-order chi connectivity index (χ1) is 8.08. The van der Waals surface area contributed by atoms with E-state index in [1.807, 2.05) is 19.1 Å². The lowest BCUT2D eigenvalue weighted by Gasteiger charge is -2.03. The Hall–Kier alpha value is -0.940. The first-order valence-corrected chi connectivity index (χ1v) is 6.46. The smallest absolute Gasteiger partial charge is 0.194 e. The summed E-state index contributed by atoms with van der Waals surface area (Å²) in [6.45, 7) is 1.88. The zero-order valence-corrected chi connectivity index (χ0v) is 12.0. The maximum absolute atomic E-state index is 12.1. The normalized spacial score (nSPS) is 10.3. The second-order valence-corrected chi connectivity index (χ2v) is 5.22. The lowest BCUT2D eigenvalue weighted by molar-refractivity contribution is 0.103. The molecular formula is C13H9ClINO. The quantitative estimate of drug-likeness (QED) is 0.603. The van der Waals surface area contributed by atoms with Crippen LogP contribution in [0.1, 0.15) is 21.6 Å². The third kappa shape index (κ3) is 2.84. The number of carbonyl (C=O) groups excluding carboxylic acids is 1. The van der Waals surface area contributed by atoms with Crippen LogP contribution in [0.25, 0.3) is 0 Å². The molecule has 2 aromatic rings. The minimum absolute atomic E-state index is 0.0594. The molecule has 0 fully saturated rings. The molecule has 17 heavy (non-hydrogen) atoms. The predicted molar refractivity (Wildman–Crippen MR) is 76.6 cm³/mol. The standard InChI is InChI=1S/C13H9ClINO/c1-8-2-3-10(7-16-8)13(17)9-4-5-12(15)11(14)6-9/h2-7H,1H3. The van der Waals surface area contributed by atoms with Crippen LogP contribution in [-0.4, -0.2) is 10.8 Å². The number of pyridine rings is 1. The summed E-state index contributed by atoms with van der Waals surface area (Å²) in [5, 5.41) is 0.594. The maximum atomic E-state index is 12.1. The highest BCUT2D eigenvalue weighted by molar-refractivity contribution is 14.1. The van der Waals surface area contributed by atoms with Gasteiger partial charge in [0.2, 0.25) is 0 Å². The summed E-state index contributed by atoms with van der Waals surface area (Å²) in [4.78, 5) is 16.2. The summed E-state index contributed by atoms with van der Waals surface area (Å²) in [6.07, 6.45) is 1.59. The first kappa shape index (κ1) is 12.5. The number of nitrogens with zero attached hydrogens (tertiary/aromatic N) is 1. The summed E-state index contributed by atoms with van der Waals surface area (Å²) in [5.74, 6) is -0.0594. The number of halogens is 2. The molecule has 0 aliphatic rings. The SMILES string of the molecule is Cc1ccc(C(=O)c2ccc(I)c(Cl)c2)cn1. The number of benzene rings is 1. The van der Waals surface area contributed by atoms with Crippen molar-refractivity contribution in [2.24, 2.45) is 0 Å². The van der Waals surface area contributed by atoms with Gasteiger partial charge in [0.05, 0.1) is 5.02 Å². The topological polar surface area (TPSA) is 30.0 Å². The van der Waals surface area contributed by atoms with Gasteiger partial charge in [-0.3, -0.25) is 9.78 Å². The van der Waals surface area contributed by atoms with E-state index in [1.165, 1.54) is 0 Å². The Morgan fingerprint density at radius 3 is 2.53 bits per heavy atom. The van der Waals surface area contributed by atoms with Gasteiger partial charge in [0.25, 0.3) is 0 Å². The van der Waals surface area contributed by atoms with Gasteiger partial charge in [0, 0.05) is 26.6 Å². The van der Waals surface area contributed by atoms with Crippen LogP contribution in [0.4, 0.5) is 0 Å². The molecule has 2 nitrogen and oxygen atoms in total. The van der Waals surface area contributed by atoms with E-state index in [2.05, 4.69) is 27.6 Å². The van der Waals surface area contributed by atoms with Crippen molar-refractivity contribution in [1.82, 2.24) is 4.98 Å². The molecule has 1 aromatic carbocycles. The fraction of sp³-hybridized carbons (Fsp3) is 0.0769. The van der Waals surface area contributed by atoms with Crippen molar-refractivity contribution in [3.63, 3.8) is 0 Å². The lowest BCUT2D eigenvalue weighted by Crippen LogP contribution is -2.02. The highest BCUT2D eigenvalue weighted by Gasteiger charge is 2.10. The van der Waals surface area contributed by atoms with Crippen LogP contribution in [0.2, 0.25) is 5.02 Å². The Morgan fingerprint density at radius 2 is 1.94 bits per heavy atom. The highest BCUT2D eigenvalue weighted by atomic mass is 127. The maximum Gasteiger partial charge on any atom is 0.194 e. The van der Waals surface area contributed by atoms with Gasteiger partial charge < -0.3 is 0 Å². The van der Waals surface area contributed by atoms with Crippen molar-refractivity contribution < 1.29 is 4.79 Å². The fourth-order valence-corrected chi connectivity index (χ4v) is 1.92. The van der Waals surface area contributed by atoms with Crippen LogP contribution in [0.5, 0.6) is 0 Å². The third-order valence-electron chi connectivity index (χ3n) is 2.36. The second kappa shape index (κ2) is 5.14. The van der Waals surface area contributed by atoms with Crippen molar-refractivity contribution in [2.45, 2.75) is 6.92 Å². The molecule has 0 aliphatic carbocycles. The molecule has 0 atom stereocenters.